The number of ketones is 1. The summed E-state index contributed by atoms with van der Waals surface area (Å²) in [6.45, 7) is 3.92. The molecular formula is C16H17NOS. The lowest BCUT2D eigenvalue weighted by molar-refractivity contribution is -0.115. The molecule has 2 rings (SSSR count). The molecule has 0 bridgehead atoms. The van der Waals surface area contributed by atoms with Gasteiger partial charge >= 0.3 is 0 Å². The lowest BCUT2D eigenvalue weighted by Gasteiger charge is -2.00. The molecule has 0 aliphatic carbocycles. The number of nitrogens with zero attached hydrogens (tertiary/aromatic N) is 1. The quantitative estimate of drug-likeness (QED) is 0.760. The van der Waals surface area contributed by atoms with Crippen LogP contribution in [0, 0.1) is 0 Å². The van der Waals surface area contributed by atoms with Gasteiger partial charge in [-0.25, -0.2) is 4.98 Å². The van der Waals surface area contributed by atoms with Crippen LogP contribution in [-0.4, -0.2) is 10.8 Å². The van der Waals surface area contributed by atoms with Gasteiger partial charge < -0.3 is 0 Å². The molecule has 0 radical (unpaired) electrons. The molecule has 2 nitrogen and oxygen atoms in total. The van der Waals surface area contributed by atoms with Crippen LogP contribution in [0.3, 0.4) is 0 Å². The van der Waals surface area contributed by atoms with E-state index in [1.165, 1.54) is 0 Å². The zero-order valence-electron chi connectivity index (χ0n) is 11.2. The molecule has 1 aromatic carbocycles. The molecule has 0 amide bonds. The highest BCUT2D eigenvalue weighted by atomic mass is 32.1. The maximum atomic E-state index is 12.0. The van der Waals surface area contributed by atoms with Gasteiger partial charge in [0, 0.05) is 10.9 Å². The van der Waals surface area contributed by atoms with Crippen molar-refractivity contribution in [1.29, 1.82) is 0 Å². The first-order valence-corrected chi connectivity index (χ1v) is 7.30. The van der Waals surface area contributed by atoms with Crippen LogP contribution in [0.5, 0.6) is 0 Å². The Labute approximate surface area is 117 Å². The summed E-state index contributed by atoms with van der Waals surface area (Å²) >= 11 is 1.55. The Bertz CT molecular complexity index is 584. The first kappa shape index (κ1) is 13.7. The second kappa shape index (κ2) is 6.43. The van der Waals surface area contributed by atoms with E-state index in [2.05, 4.69) is 4.98 Å². The van der Waals surface area contributed by atoms with Gasteiger partial charge in [0.2, 0.25) is 0 Å². The van der Waals surface area contributed by atoms with Gasteiger partial charge in [0.25, 0.3) is 0 Å². The van der Waals surface area contributed by atoms with Crippen LogP contribution >= 0.6 is 11.3 Å². The number of benzene rings is 1. The van der Waals surface area contributed by atoms with Gasteiger partial charge in [-0.1, -0.05) is 43.3 Å². The number of hydrogen-bond donors (Lipinski definition) is 0. The van der Waals surface area contributed by atoms with E-state index in [9.17, 15) is 4.79 Å². The Hall–Kier alpha value is -1.74. The number of allylic oxidation sites excluding steroid dienone is 2. The third kappa shape index (κ3) is 3.38. The van der Waals surface area contributed by atoms with Gasteiger partial charge in [0.05, 0.1) is 12.1 Å². The summed E-state index contributed by atoms with van der Waals surface area (Å²) in [7, 11) is 0. The van der Waals surface area contributed by atoms with Crippen molar-refractivity contribution in [1.82, 2.24) is 4.98 Å². The van der Waals surface area contributed by atoms with E-state index >= 15 is 0 Å². The molecule has 0 spiro atoms. The lowest BCUT2D eigenvalue weighted by atomic mass is 10.1. The third-order valence-electron chi connectivity index (χ3n) is 3.02. The maximum Gasteiger partial charge on any atom is 0.165 e. The Kier molecular flexibility index (Phi) is 4.63. The molecule has 0 N–H and O–H groups in total. The highest BCUT2D eigenvalue weighted by molar-refractivity contribution is 7.10. The predicted octanol–water partition coefficient (Wildman–Crippen LogP) is 4.28. The minimum absolute atomic E-state index is 0.180. The van der Waals surface area contributed by atoms with Crippen LogP contribution in [0.25, 0.3) is 11.3 Å². The van der Waals surface area contributed by atoms with Crippen molar-refractivity contribution in [3.8, 4) is 11.3 Å². The molecule has 0 atom stereocenters. The van der Waals surface area contributed by atoms with Gasteiger partial charge in [0.15, 0.2) is 5.78 Å². The van der Waals surface area contributed by atoms with Gasteiger partial charge in [0.1, 0.15) is 5.01 Å². The molecule has 0 unspecified atom stereocenters. The fourth-order valence-electron chi connectivity index (χ4n) is 1.95. The Morgan fingerprint density at radius 2 is 2.05 bits per heavy atom. The molecule has 0 fully saturated rings. The van der Waals surface area contributed by atoms with E-state index in [1.807, 2.05) is 55.6 Å². The minimum atomic E-state index is 0.180. The highest BCUT2D eigenvalue weighted by Gasteiger charge is 2.11. The standard InChI is InChI=1S/C16H17NOS/c1-3-12(4-2)15(18)10-16-17-14(11-19-16)13-8-6-5-7-9-13/h3,5-9,11H,4,10H2,1-2H3/b12-3-. The van der Waals surface area contributed by atoms with E-state index in [0.717, 1.165) is 28.3 Å². The van der Waals surface area contributed by atoms with Crippen molar-refractivity contribution >= 4 is 17.1 Å². The SMILES string of the molecule is C/C=C(/CC)C(=O)Cc1nc(-c2ccccc2)cs1. The summed E-state index contributed by atoms with van der Waals surface area (Å²) in [6, 6.07) is 10.0. The number of Topliss-reactive ketones (excluding diaryl/α,β-unsaturated/α-hetero) is 1. The third-order valence-corrected chi connectivity index (χ3v) is 3.87. The predicted molar refractivity (Wildman–Crippen MR) is 80.3 cm³/mol. The summed E-state index contributed by atoms with van der Waals surface area (Å²) < 4.78 is 0. The summed E-state index contributed by atoms with van der Waals surface area (Å²) in [5, 5.41) is 2.90. The van der Waals surface area contributed by atoms with Crippen molar-refractivity contribution < 1.29 is 4.79 Å². The molecule has 0 saturated carbocycles. The molecule has 98 valence electrons. The molecule has 1 heterocycles. The van der Waals surface area contributed by atoms with Crippen molar-refractivity contribution in [2.24, 2.45) is 0 Å². The fraction of sp³-hybridized carbons (Fsp3) is 0.250. The first-order chi connectivity index (χ1) is 9.24. The summed E-state index contributed by atoms with van der Waals surface area (Å²) in [6.07, 6.45) is 3.09. The Balaban J connectivity index is 2.12. The van der Waals surface area contributed by atoms with Crippen LogP contribution in [0.15, 0.2) is 47.4 Å². The van der Waals surface area contributed by atoms with Crippen LogP contribution in [0.4, 0.5) is 0 Å². The lowest BCUT2D eigenvalue weighted by Crippen LogP contribution is -2.05. The molecule has 0 aliphatic rings. The molecule has 2 aromatic rings. The monoisotopic (exact) mass is 271 g/mol. The average molecular weight is 271 g/mol. The molecule has 0 saturated heterocycles. The molecule has 3 heteroatoms. The fourth-order valence-corrected chi connectivity index (χ4v) is 2.75. The Morgan fingerprint density at radius 3 is 2.68 bits per heavy atom. The normalized spacial score (nSPS) is 11.6. The summed E-state index contributed by atoms with van der Waals surface area (Å²) in [5.74, 6) is 0.180. The summed E-state index contributed by atoms with van der Waals surface area (Å²) in [4.78, 5) is 16.6. The number of carbonyl (C=O) groups is 1. The van der Waals surface area contributed by atoms with E-state index in [-0.39, 0.29) is 5.78 Å². The van der Waals surface area contributed by atoms with Crippen molar-refractivity contribution in [3.63, 3.8) is 0 Å². The summed E-state index contributed by atoms with van der Waals surface area (Å²) in [5.41, 5.74) is 2.93. The zero-order valence-corrected chi connectivity index (χ0v) is 12.0. The van der Waals surface area contributed by atoms with E-state index in [0.29, 0.717) is 6.42 Å². The second-order valence-corrected chi connectivity index (χ2v) is 5.20. The van der Waals surface area contributed by atoms with Gasteiger partial charge in [-0.2, -0.15) is 0 Å². The van der Waals surface area contributed by atoms with Crippen molar-refractivity contribution in [2.45, 2.75) is 26.7 Å². The number of carbonyl (C=O) groups excluding carboxylic acids is 1. The molecular weight excluding hydrogens is 254 g/mol. The van der Waals surface area contributed by atoms with Gasteiger partial charge in [-0.05, 0) is 18.9 Å². The highest BCUT2D eigenvalue weighted by Crippen LogP contribution is 2.22. The number of hydrogen-bond acceptors (Lipinski definition) is 3. The average Bonchev–Trinajstić information content (AvgIpc) is 2.89. The van der Waals surface area contributed by atoms with Gasteiger partial charge in [-0.3, -0.25) is 4.79 Å². The zero-order chi connectivity index (χ0) is 13.7. The largest absolute Gasteiger partial charge is 0.294 e. The molecule has 1 aromatic heterocycles. The number of aromatic nitrogens is 1. The van der Waals surface area contributed by atoms with Crippen LogP contribution in [0.2, 0.25) is 0 Å². The van der Waals surface area contributed by atoms with Crippen LogP contribution < -0.4 is 0 Å². The molecule has 0 aliphatic heterocycles. The van der Waals surface area contributed by atoms with Crippen LogP contribution in [0.1, 0.15) is 25.3 Å². The second-order valence-electron chi connectivity index (χ2n) is 4.26. The van der Waals surface area contributed by atoms with E-state index in [4.69, 9.17) is 0 Å². The smallest absolute Gasteiger partial charge is 0.165 e. The van der Waals surface area contributed by atoms with E-state index in [1.54, 1.807) is 11.3 Å². The minimum Gasteiger partial charge on any atom is -0.294 e. The van der Waals surface area contributed by atoms with Crippen molar-refractivity contribution in [3.05, 3.63) is 52.4 Å². The number of rotatable bonds is 5. The maximum absolute atomic E-state index is 12.0. The van der Waals surface area contributed by atoms with Gasteiger partial charge in [-0.15, -0.1) is 11.3 Å². The molecule has 19 heavy (non-hydrogen) atoms. The van der Waals surface area contributed by atoms with Crippen molar-refractivity contribution in [2.75, 3.05) is 0 Å². The topological polar surface area (TPSA) is 30.0 Å². The Morgan fingerprint density at radius 1 is 1.32 bits per heavy atom. The number of thiazole rings is 1. The van der Waals surface area contributed by atoms with Crippen LogP contribution in [-0.2, 0) is 11.2 Å². The first-order valence-electron chi connectivity index (χ1n) is 6.42. The van der Waals surface area contributed by atoms with E-state index < -0.39 is 0 Å².